The lowest BCUT2D eigenvalue weighted by atomic mass is 9.94. The molecule has 0 bridgehead atoms. The standard InChI is InChI=1S/C17H33NO4/c1-3-4-5-6-7-8-9-10-11-14(2)15(19)12-16(20)18-13-17(21)22/h14-15,19H,3-13H2,1-2H3,(H,18,20)(H,21,22). The molecule has 22 heavy (non-hydrogen) atoms. The SMILES string of the molecule is CCCCCCCCCCC(C)C(O)CC(=O)NCC(=O)O. The number of aliphatic carboxylic acids is 1. The van der Waals surface area contributed by atoms with Crippen LogP contribution in [-0.4, -0.2) is 34.7 Å². The number of carboxylic acid groups (broad SMARTS) is 1. The molecule has 0 aromatic rings. The van der Waals surface area contributed by atoms with Gasteiger partial charge in [0.15, 0.2) is 0 Å². The summed E-state index contributed by atoms with van der Waals surface area (Å²) in [5.74, 6) is -1.41. The molecular weight excluding hydrogens is 282 g/mol. The third-order valence-electron chi connectivity index (χ3n) is 4.00. The lowest BCUT2D eigenvalue weighted by Gasteiger charge is -2.18. The molecule has 5 nitrogen and oxygen atoms in total. The highest BCUT2D eigenvalue weighted by Gasteiger charge is 2.17. The molecule has 0 saturated heterocycles. The first-order valence-electron chi connectivity index (χ1n) is 8.64. The number of carbonyl (C=O) groups excluding carboxylic acids is 1. The van der Waals surface area contributed by atoms with Crippen LogP contribution in [0.25, 0.3) is 0 Å². The Kier molecular flexibility index (Phi) is 12.9. The molecule has 0 aromatic carbocycles. The molecule has 0 aliphatic rings. The Hall–Kier alpha value is -1.10. The zero-order chi connectivity index (χ0) is 16.8. The first kappa shape index (κ1) is 20.9. The lowest BCUT2D eigenvalue weighted by molar-refractivity contribution is -0.138. The Morgan fingerprint density at radius 2 is 1.55 bits per heavy atom. The van der Waals surface area contributed by atoms with Gasteiger partial charge in [-0.2, -0.15) is 0 Å². The van der Waals surface area contributed by atoms with Crippen LogP contribution in [0.5, 0.6) is 0 Å². The van der Waals surface area contributed by atoms with Crippen molar-refractivity contribution in [1.29, 1.82) is 0 Å². The van der Waals surface area contributed by atoms with E-state index in [0.29, 0.717) is 0 Å². The molecule has 0 radical (unpaired) electrons. The summed E-state index contributed by atoms with van der Waals surface area (Å²) in [7, 11) is 0. The van der Waals surface area contributed by atoms with Gasteiger partial charge in [-0.25, -0.2) is 0 Å². The molecule has 0 spiro atoms. The van der Waals surface area contributed by atoms with Crippen LogP contribution in [0.2, 0.25) is 0 Å². The fraction of sp³-hybridized carbons (Fsp3) is 0.882. The van der Waals surface area contributed by atoms with E-state index in [2.05, 4.69) is 12.2 Å². The molecule has 0 aliphatic carbocycles. The molecule has 0 rings (SSSR count). The zero-order valence-electron chi connectivity index (χ0n) is 14.1. The first-order chi connectivity index (χ1) is 10.5. The second-order valence-corrected chi connectivity index (χ2v) is 6.18. The minimum atomic E-state index is -1.07. The summed E-state index contributed by atoms with van der Waals surface area (Å²) in [5.41, 5.74) is 0. The van der Waals surface area contributed by atoms with Gasteiger partial charge in [0.05, 0.1) is 12.5 Å². The summed E-state index contributed by atoms with van der Waals surface area (Å²) in [6.07, 6.45) is 10.2. The minimum absolute atomic E-state index is 0.0224. The van der Waals surface area contributed by atoms with Gasteiger partial charge < -0.3 is 15.5 Å². The number of hydrogen-bond acceptors (Lipinski definition) is 3. The van der Waals surface area contributed by atoms with E-state index in [4.69, 9.17) is 5.11 Å². The van der Waals surface area contributed by atoms with Gasteiger partial charge in [-0.3, -0.25) is 9.59 Å². The molecule has 0 saturated carbocycles. The fourth-order valence-electron chi connectivity index (χ4n) is 2.43. The molecule has 0 fully saturated rings. The summed E-state index contributed by atoms with van der Waals surface area (Å²) in [5, 5.41) is 20.7. The summed E-state index contributed by atoms with van der Waals surface area (Å²) in [6, 6.07) is 0. The van der Waals surface area contributed by atoms with Crippen LogP contribution in [0.15, 0.2) is 0 Å². The van der Waals surface area contributed by atoms with Gasteiger partial charge in [0.2, 0.25) is 5.91 Å². The maximum Gasteiger partial charge on any atom is 0.322 e. The van der Waals surface area contributed by atoms with Crippen LogP contribution >= 0.6 is 0 Å². The van der Waals surface area contributed by atoms with E-state index in [1.807, 2.05) is 6.92 Å². The van der Waals surface area contributed by atoms with E-state index in [9.17, 15) is 14.7 Å². The van der Waals surface area contributed by atoms with Gasteiger partial charge in [-0.1, -0.05) is 65.2 Å². The molecule has 0 aliphatic heterocycles. The van der Waals surface area contributed by atoms with Crippen LogP contribution in [0.3, 0.4) is 0 Å². The van der Waals surface area contributed by atoms with Crippen molar-refractivity contribution in [2.45, 2.75) is 84.2 Å². The highest BCUT2D eigenvalue weighted by molar-refractivity contribution is 5.81. The van der Waals surface area contributed by atoms with Crippen molar-refractivity contribution >= 4 is 11.9 Å². The normalized spacial score (nSPS) is 13.6. The Morgan fingerprint density at radius 3 is 2.09 bits per heavy atom. The molecule has 130 valence electrons. The highest BCUT2D eigenvalue weighted by Crippen LogP contribution is 2.17. The van der Waals surface area contributed by atoms with Crippen molar-refractivity contribution in [3.8, 4) is 0 Å². The minimum Gasteiger partial charge on any atom is -0.480 e. The Balaban J connectivity index is 3.59. The summed E-state index contributed by atoms with van der Waals surface area (Å²) in [6.45, 7) is 3.77. The van der Waals surface area contributed by atoms with E-state index in [1.165, 1.54) is 44.9 Å². The highest BCUT2D eigenvalue weighted by atomic mass is 16.4. The van der Waals surface area contributed by atoms with Crippen LogP contribution in [-0.2, 0) is 9.59 Å². The molecule has 0 aromatic heterocycles. The van der Waals surface area contributed by atoms with Crippen molar-refractivity contribution in [3.63, 3.8) is 0 Å². The number of unbranched alkanes of at least 4 members (excludes halogenated alkanes) is 7. The van der Waals surface area contributed by atoms with Gasteiger partial charge in [-0.15, -0.1) is 0 Å². The van der Waals surface area contributed by atoms with Crippen molar-refractivity contribution in [2.24, 2.45) is 5.92 Å². The Morgan fingerprint density at radius 1 is 1.00 bits per heavy atom. The number of nitrogens with one attached hydrogen (secondary N) is 1. The third-order valence-corrected chi connectivity index (χ3v) is 4.00. The smallest absolute Gasteiger partial charge is 0.322 e. The zero-order valence-corrected chi connectivity index (χ0v) is 14.1. The van der Waals surface area contributed by atoms with E-state index >= 15 is 0 Å². The van der Waals surface area contributed by atoms with Crippen LogP contribution in [0.4, 0.5) is 0 Å². The van der Waals surface area contributed by atoms with Crippen LogP contribution in [0, 0.1) is 5.92 Å². The Bertz CT molecular complexity index is 307. The van der Waals surface area contributed by atoms with E-state index in [-0.39, 0.29) is 12.3 Å². The monoisotopic (exact) mass is 315 g/mol. The van der Waals surface area contributed by atoms with Crippen molar-refractivity contribution in [1.82, 2.24) is 5.32 Å². The molecule has 1 amide bonds. The average Bonchev–Trinajstić information content (AvgIpc) is 2.47. The summed E-state index contributed by atoms with van der Waals surface area (Å²) >= 11 is 0. The van der Waals surface area contributed by atoms with E-state index in [1.54, 1.807) is 0 Å². The summed E-state index contributed by atoms with van der Waals surface area (Å²) in [4.78, 5) is 21.8. The second-order valence-electron chi connectivity index (χ2n) is 6.18. The van der Waals surface area contributed by atoms with Gasteiger partial charge >= 0.3 is 5.97 Å². The van der Waals surface area contributed by atoms with Crippen molar-refractivity contribution in [3.05, 3.63) is 0 Å². The number of carbonyl (C=O) groups is 2. The molecular formula is C17H33NO4. The fourth-order valence-corrected chi connectivity index (χ4v) is 2.43. The summed E-state index contributed by atoms with van der Waals surface area (Å²) < 4.78 is 0. The second kappa shape index (κ2) is 13.6. The number of carboxylic acids is 1. The lowest BCUT2D eigenvalue weighted by Crippen LogP contribution is -2.33. The number of aliphatic hydroxyl groups excluding tert-OH is 1. The predicted octanol–water partition coefficient (Wildman–Crippen LogP) is 3.11. The predicted molar refractivity (Wildman–Crippen MR) is 87.7 cm³/mol. The molecule has 2 atom stereocenters. The largest absolute Gasteiger partial charge is 0.480 e. The van der Waals surface area contributed by atoms with Crippen LogP contribution < -0.4 is 5.32 Å². The van der Waals surface area contributed by atoms with E-state index in [0.717, 1.165) is 12.8 Å². The topological polar surface area (TPSA) is 86.6 Å². The van der Waals surface area contributed by atoms with E-state index < -0.39 is 24.5 Å². The van der Waals surface area contributed by atoms with Gasteiger partial charge in [0.25, 0.3) is 0 Å². The van der Waals surface area contributed by atoms with Gasteiger partial charge in [0, 0.05) is 0 Å². The number of amides is 1. The average molecular weight is 315 g/mol. The van der Waals surface area contributed by atoms with Gasteiger partial charge in [-0.05, 0) is 12.3 Å². The quantitative estimate of drug-likeness (QED) is 0.430. The Labute approximate surface area is 134 Å². The molecule has 5 heteroatoms. The molecule has 2 unspecified atom stereocenters. The maximum atomic E-state index is 11.4. The third kappa shape index (κ3) is 12.6. The van der Waals surface area contributed by atoms with Crippen molar-refractivity contribution in [2.75, 3.05) is 6.54 Å². The molecule has 3 N–H and O–H groups in total. The van der Waals surface area contributed by atoms with Gasteiger partial charge in [0.1, 0.15) is 6.54 Å². The molecule has 0 heterocycles. The van der Waals surface area contributed by atoms with Crippen LogP contribution in [0.1, 0.15) is 78.1 Å². The maximum absolute atomic E-state index is 11.4. The van der Waals surface area contributed by atoms with Crippen molar-refractivity contribution < 1.29 is 19.8 Å². The number of rotatable bonds is 14. The number of hydrogen-bond donors (Lipinski definition) is 3. The first-order valence-corrected chi connectivity index (χ1v) is 8.64. The number of aliphatic hydroxyl groups is 1.